The molecule has 0 rings (SSSR count). The molecule has 0 heterocycles. The van der Waals surface area contributed by atoms with Crippen LogP contribution in [0.5, 0.6) is 0 Å². The minimum absolute atomic E-state index is 0.167. The summed E-state index contributed by atoms with van der Waals surface area (Å²) in [6.45, 7) is 9.01. The quantitative estimate of drug-likeness (QED) is 0.473. The van der Waals surface area contributed by atoms with Gasteiger partial charge in [-0.1, -0.05) is 13.3 Å². The monoisotopic (exact) mass is 174 g/mol. The lowest BCUT2D eigenvalue weighted by atomic mass is 9.95. The number of nitrogens with two attached hydrogens (primary N) is 1. The van der Waals surface area contributed by atoms with Crippen LogP contribution in [-0.2, 0) is 4.74 Å². The zero-order valence-corrected chi connectivity index (χ0v) is 8.68. The number of nitrogens with one attached hydrogen (secondary N) is 1. The molecule has 0 aromatic heterocycles. The molecule has 1 atom stereocenters. The Morgan fingerprint density at radius 3 is 2.33 bits per heavy atom. The number of hydrogen-bond donors (Lipinski definition) is 2. The maximum Gasteiger partial charge on any atom is 0.0792 e. The highest BCUT2D eigenvalue weighted by Gasteiger charge is 2.27. The average Bonchev–Trinajstić information content (AvgIpc) is 1.99. The zero-order valence-electron chi connectivity index (χ0n) is 8.68. The molecule has 0 aliphatic heterocycles. The lowest BCUT2D eigenvalue weighted by Gasteiger charge is -2.33. The first-order valence-electron chi connectivity index (χ1n) is 4.68. The van der Waals surface area contributed by atoms with Crippen LogP contribution >= 0.6 is 0 Å². The number of hydrazine groups is 1. The largest absolute Gasteiger partial charge is 0.374 e. The molecule has 3 heteroatoms. The molecule has 74 valence electrons. The second-order valence-electron chi connectivity index (χ2n) is 3.54. The molecule has 0 aromatic carbocycles. The van der Waals surface area contributed by atoms with Gasteiger partial charge >= 0.3 is 0 Å². The molecule has 0 amide bonds. The molecular weight excluding hydrogens is 152 g/mol. The molecule has 0 bridgehead atoms. The maximum absolute atomic E-state index is 5.59. The molecule has 1 unspecified atom stereocenters. The van der Waals surface area contributed by atoms with Crippen LogP contribution in [0.15, 0.2) is 0 Å². The molecule has 0 radical (unpaired) electrons. The summed E-state index contributed by atoms with van der Waals surface area (Å²) in [4.78, 5) is 0. The van der Waals surface area contributed by atoms with Crippen LogP contribution < -0.4 is 11.3 Å². The summed E-state index contributed by atoms with van der Waals surface area (Å²) in [5, 5.41) is 0. The van der Waals surface area contributed by atoms with E-state index in [-0.39, 0.29) is 11.6 Å². The molecular formula is C9H22N2O. The van der Waals surface area contributed by atoms with Crippen LogP contribution in [0, 0.1) is 0 Å². The predicted molar refractivity (Wildman–Crippen MR) is 51.7 cm³/mol. The van der Waals surface area contributed by atoms with Crippen molar-refractivity contribution in [2.24, 2.45) is 5.84 Å². The molecule has 0 saturated heterocycles. The van der Waals surface area contributed by atoms with E-state index in [1.54, 1.807) is 0 Å². The molecule has 3 nitrogen and oxygen atoms in total. The summed E-state index contributed by atoms with van der Waals surface area (Å²) in [6.07, 6.45) is 2.16. The van der Waals surface area contributed by atoms with Crippen LogP contribution in [0.3, 0.4) is 0 Å². The first-order valence-corrected chi connectivity index (χ1v) is 4.68. The highest BCUT2D eigenvalue weighted by Crippen LogP contribution is 2.17. The van der Waals surface area contributed by atoms with Gasteiger partial charge in [0.05, 0.1) is 5.60 Å². The summed E-state index contributed by atoms with van der Waals surface area (Å²) in [7, 11) is 0. The Morgan fingerprint density at radius 2 is 2.00 bits per heavy atom. The first kappa shape index (κ1) is 11.9. The Balaban J connectivity index is 4.05. The molecule has 0 spiro atoms. The summed E-state index contributed by atoms with van der Waals surface area (Å²) in [5.74, 6) is 5.45. The zero-order chi connectivity index (χ0) is 9.61. The third-order valence-corrected chi connectivity index (χ3v) is 2.13. The van der Waals surface area contributed by atoms with Crippen LogP contribution in [0.4, 0.5) is 0 Å². The van der Waals surface area contributed by atoms with Crippen molar-refractivity contribution in [3.63, 3.8) is 0 Å². The first-order chi connectivity index (χ1) is 5.58. The van der Waals surface area contributed by atoms with Gasteiger partial charge in [0.1, 0.15) is 0 Å². The summed E-state index contributed by atoms with van der Waals surface area (Å²) in [6, 6.07) is 0.238. The minimum atomic E-state index is -0.167. The number of rotatable bonds is 6. The van der Waals surface area contributed by atoms with Crippen molar-refractivity contribution in [2.45, 2.75) is 52.2 Å². The fourth-order valence-corrected chi connectivity index (χ4v) is 1.39. The van der Waals surface area contributed by atoms with Gasteiger partial charge in [0.25, 0.3) is 0 Å². The van der Waals surface area contributed by atoms with E-state index in [0.29, 0.717) is 0 Å². The van der Waals surface area contributed by atoms with Gasteiger partial charge in [-0.2, -0.15) is 0 Å². The second kappa shape index (κ2) is 5.51. The third-order valence-electron chi connectivity index (χ3n) is 2.13. The van der Waals surface area contributed by atoms with Gasteiger partial charge in [-0.05, 0) is 27.2 Å². The lowest BCUT2D eigenvalue weighted by Crippen LogP contribution is -2.51. The van der Waals surface area contributed by atoms with E-state index in [1.165, 1.54) is 0 Å². The van der Waals surface area contributed by atoms with E-state index < -0.39 is 0 Å². The molecule has 3 N–H and O–H groups in total. The second-order valence-corrected chi connectivity index (χ2v) is 3.54. The van der Waals surface area contributed by atoms with Gasteiger partial charge in [0.2, 0.25) is 0 Å². The average molecular weight is 174 g/mol. The van der Waals surface area contributed by atoms with Gasteiger partial charge in [0.15, 0.2) is 0 Å². The fraction of sp³-hybridized carbons (Fsp3) is 1.00. The molecule has 0 aliphatic carbocycles. The van der Waals surface area contributed by atoms with Gasteiger partial charge in [-0.15, -0.1) is 0 Å². The highest BCUT2D eigenvalue weighted by molar-refractivity contribution is 4.83. The Bertz CT molecular complexity index is 115. The minimum Gasteiger partial charge on any atom is -0.374 e. The van der Waals surface area contributed by atoms with Crippen molar-refractivity contribution < 1.29 is 4.74 Å². The van der Waals surface area contributed by atoms with Crippen LogP contribution in [0.25, 0.3) is 0 Å². The van der Waals surface area contributed by atoms with E-state index in [2.05, 4.69) is 26.2 Å². The Morgan fingerprint density at radius 1 is 1.42 bits per heavy atom. The normalized spacial score (nSPS) is 14.8. The van der Waals surface area contributed by atoms with Crippen LogP contribution in [0.1, 0.15) is 40.5 Å². The highest BCUT2D eigenvalue weighted by atomic mass is 16.5. The molecule has 0 aromatic rings. The molecule has 0 aliphatic rings. The van der Waals surface area contributed by atoms with Crippen molar-refractivity contribution in [3.05, 3.63) is 0 Å². The smallest absolute Gasteiger partial charge is 0.0792 e. The van der Waals surface area contributed by atoms with Crippen molar-refractivity contribution in [2.75, 3.05) is 6.61 Å². The van der Waals surface area contributed by atoms with Crippen molar-refractivity contribution >= 4 is 0 Å². The Hall–Kier alpha value is -0.120. The lowest BCUT2D eigenvalue weighted by molar-refractivity contribution is -0.0402. The van der Waals surface area contributed by atoms with E-state index in [4.69, 9.17) is 10.6 Å². The van der Waals surface area contributed by atoms with Crippen molar-refractivity contribution in [1.29, 1.82) is 0 Å². The standard InChI is InChI=1S/C9H22N2O/c1-5-7-8(11-10)9(3,4)12-6-2/h8,11H,5-7,10H2,1-4H3. The number of ether oxygens (including phenoxy) is 1. The van der Waals surface area contributed by atoms with Gasteiger partial charge in [-0.25, -0.2) is 0 Å². The fourth-order valence-electron chi connectivity index (χ4n) is 1.39. The van der Waals surface area contributed by atoms with Crippen LogP contribution in [-0.4, -0.2) is 18.2 Å². The molecule has 0 fully saturated rings. The van der Waals surface area contributed by atoms with Gasteiger partial charge < -0.3 is 4.74 Å². The van der Waals surface area contributed by atoms with E-state index in [1.807, 2.05) is 6.92 Å². The maximum atomic E-state index is 5.59. The molecule has 12 heavy (non-hydrogen) atoms. The topological polar surface area (TPSA) is 47.3 Å². The Labute approximate surface area is 75.6 Å². The van der Waals surface area contributed by atoms with Crippen molar-refractivity contribution in [1.82, 2.24) is 5.43 Å². The van der Waals surface area contributed by atoms with Crippen LogP contribution in [0.2, 0.25) is 0 Å². The summed E-state index contributed by atoms with van der Waals surface area (Å²) in [5.41, 5.74) is 2.64. The molecule has 0 saturated carbocycles. The van der Waals surface area contributed by atoms with Gasteiger partial charge in [0, 0.05) is 12.6 Å². The van der Waals surface area contributed by atoms with E-state index in [0.717, 1.165) is 19.4 Å². The Kier molecular flexibility index (Phi) is 5.46. The summed E-state index contributed by atoms with van der Waals surface area (Å²) < 4.78 is 5.59. The SMILES string of the molecule is CCCC(NN)C(C)(C)OCC. The van der Waals surface area contributed by atoms with E-state index in [9.17, 15) is 0 Å². The predicted octanol–water partition coefficient (Wildman–Crippen LogP) is 1.43. The number of hydrogen-bond acceptors (Lipinski definition) is 3. The van der Waals surface area contributed by atoms with Crippen molar-refractivity contribution in [3.8, 4) is 0 Å². The van der Waals surface area contributed by atoms with E-state index >= 15 is 0 Å². The van der Waals surface area contributed by atoms with Gasteiger partial charge in [-0.3, -0.25) is 11.3 Å². The summed E-state index contributed by atoms with van der Waals surface area (Å²) >= 11 is 0. The third kappa shape index (κ3) is 3.52.